The number of methoxy groups -OCH3 is 1. The van der Waals surface area contributed by atoms with Gasteiger partial charge in [-0.25, -0.2) is 13.6 Å². The zero-order chi connectivity index (χ0) is 20.2. The summed E-state index contributed by atoms with van der Waals surface area (Å²) in [7, 11) is -6.34. The molecule has 0 fully saturated rings. The van der Waals surface area contributed by atoms with Gasteiger partial charge in [0.15, 0.2) is 5.75 Å². The van der Waals surface area contributed by atoms with Crippen molar-refractivity contribution in [2.24, 2.45) is 5.14 Å². The Balaban J connectivity index is 2.23. The number of nitrogens with one attached hydrogen (secondary N) is 1. The van der Waals surface area contributed by atoms with Crippen LogP contribution in [0, 0.1) is 0 Å². The summed E-state index contributed by atoms with van der Waals surface area (Å²) in [5, 5.41) is 14.8. The van der Waals surface area contributed by atoms with Crippen molar-refractivity contribution in [1.82, 2.24) is 0 Å². The fourth-order valence-electron chi connectivity index (χ4n) is 2.38. The van der Waals surface area contributed by atoms with Gasteiger partial charge in [-0.05, 0) is 39.6 Å². The first-order valence-electron chi connectivity index (χ1n) is 7.67. The first-order valence-corrected chi connectivity index (χ1v) is 11.3. The van der Waals surface area contributed by atoms with Crippen molar-refractivity contribution in [2.75, 3.05) is 17.6 Å². The van der Waals surface area contributed by atoms with Gasteiger partial charge in [0.2, 0.25) is 10.0 Å². The third-order valence-electron chi connectivity index (χ3n) is 3.70. The van der Waals surface area contributed by atoms with Crippen LogP contribution in [0.15, 0.2) is 41.3 Å². The first-order chi connectivity index (χ1) is 12.6. The van der Waals surface area contributed by atoms with Crippen LogP contribution in [0.2, 0.25) is 5.02 Å². The molecule has 0 radical (unpaired) electrons. The van der Waals surface area contributed by atoms with Gasteiger partial charge in [0.1, 0.15) is 16.3 Å². The number of primary sulfonamides is 1. The summed E-state index contributed by atoms with van der Waals surface area (Å²) in [6.45, 7) is -0.395. The second-order valence-electron chi connectivity index (χ2n) is 5.69. The smallest absolute Gasteiger partial charge is 0.311 e. The molecular formula is C16H20ClN2O6S2+. The Bertz CT molecular complexity index is 981. The quantitative estimate of drug-likeness (QED) is 0.468. The van der Waals surface area contributed by atoms with Crippen LogP contribution in [0.25, 0.3) is 0 Å². The largest absolute Gasteiger partial charge is 0.496 e. The van der Waals surface area contributed by atoms with Crippen LogP contribution in [0.5, 0.6) is 5.75 Å². The monoisotopic (exact) mass is 435 g/mol. The fourth-order valence-corrected chi connectivity index (χ4v) is 4.47. The molecule has 8 nitrogen and oxygen atoms in total. The lowest BCUT2D eigenvalue weighted by Gasteiger charge is -2.13. The van der Waals surface area contributed by atoms with Crippen molar-refractivity contribution >= 4 is 37.7 Å². The number of rotatable bonds is 8. The number of nitrogens with two attached hydrogens (primary N) is 1. The number of aliphatic hydroxyl groups excluding tert-OH is 1. The number of ether oxygens (including phenoxy) is 1. The van der Waals surface area contributed by atoms with Crippen molar-refractivity contribution in [3.05, 3.63) is 52.5 Å². The van der Waals surface area contributed by atoms with Crippen LogP contribution in [0.1, 0.15) is 11.1 Å². The molecule has 27 heavy (non-hydrogen) atoms. The minimum Gasteiger partial charge on any atom is -0.496 e. The summed E-state index contributed by atoms with van der Waals surface area (Å²) in [5.74, 6) is 0.270. The third kappa shape index (κ3) is 5.89. The first kappa shape index (κ1) is 21.6. The van der Waals surface area contributed by atoms with E-state index in [0.29, 0.717) is 21.9 Å². The average Bonchev–Trinajstić information content (AvgIpc) is 2.59. The maximum Gasteiger partial charge on any atom is 0.311 e. The highest BCUT2D eigenvalue weighted by molar-refractivity contribution is 7.99. The van der Waals surface area contributed by atoms with E-state index in [9.17, 15) is 17.2 Å². The number of halogens is 1. The normalized spacial score (nSPS) is 13.8. The molecular weight excluding hydrogens is 416 g/mol. The molecule has 0 heterocycles. The predicted molar refractivity (Wildman–Crippen MR) is 105 cm³/mol. The number of hydrogen-bond donors (Lipinski definition) is 4. The summed E-state index contributed by atoms with van der Waals surface area (Å²) in [6, 6.07) is 8.77. The Morgan fingerprint density at radius 3 is 2.56 bits per heavy atom. The number of sulfonamides is 1. The predicted octanol–water partition coefficient (Wildman–Crippen LogP) is 2.03. The molecule has 11 heteroatoms. The molecule has 0 saturated heterocycles. The van der Waals surface area contributed by atoms with Gasteiger partial charge in [-0.1, -0.05) is 23.7 Å². The molecule has 1 atom stereocenters. The van der Waals surface area contributed by atoms with Gasteiger partial charge in [0, 0.05) is 11.4 Å². The molecule has 0 aliphatic rings. The van der Waals surface area contributed by atoms with E-state index in [0.717, 1.165) is 6.07 Å². The molecule has 0 aliphatic carbocycles. The lowest BCUT2D eigenvalue weighted by molar-refractivity contribution is 0.281. The Labute approximate surface area is 163 Å². The molecule has 0 aromatic heterocycles. The Morgan fingerprint density at radius 2 is 1.96 bits per heavy atom. The summed E-state index contributed by atoms with van der Waals surface area (Å²) in [4.78, 5) is -0.375. The minimum atomic E-state index is -4.17. The number of aryl methyl sites for hydroxylation is 1. The minimum absolute atomic E-state index is 0.120. The number of benzene rings is 2. The topological polar surface area (TPSA) is 139 Å². The van der Waals surface area contributed by atoms with Crippen molar-refractivity contribution in [2.45, 2.75) is 17.9 Å². The van der Waals surface area contributed by atoms with E-state index in [2.05, 4.69) is 4.72 Å². The standard InChI is InChI=1S/C16H19ClN2O6S2/c1-25-15-9-13(17)4-3-12(15)6-7-26(21,22)19-14-5-2-11(10-20)8-16(14)27(18,23)24/h2-5,8-9,20H,6-7,10H2,1H3,(H3-,18,19,21,22,23,24)/p+1. The van der Waals surface area contributed by atoms with E-state index < -0.39 is 27.0 Å². The highest BCUT2D eigenvalue weighted by atomic mass is 35.5. The molecule has 148 valence electrons. The number of aliphatic hydroxyl groups is 1. The zero-order valence-corrected chi connectivity index (χ0v) is 16.8. The second-order valence-corrected chi connectivity index (χ2v) is 9.55. The molecule has 0 amide bonds. The van der Waals surface area contributed by atoms with Crippen LogP contribution in [-0.2, 0) is 37.7 Å². The molecule has 0 aliphatic heterocycles. The van der Waals surface area contributed by atoms with Gasteiger partial charge in [0.05, 0.1) is 13.7 Å². The van der Waals surface area contributed by atoms with Crippen molar-refractivity contribution in [1.29, 1.82) is 0 Å². The van der Waals surface area contributed by atoms with E-state index in [4.69, 9.17) is 26.6 Å². The molecule has 0 bridgehead atoms. The summed E-state index contributed by atoms with van der Waals surface area (Å²) >= 11 is 5.89. The molecule has 2 aromatic rings. The lowest BCUT2D eigenvalue weighted by Crippen LogP contribution is -2.27. The van der Waals surface area contributed by atoms with Crippen LogP contribution in [-0.4, -0.2) is 30.9 Å². The molecule has 0 saturated carbocycles. The van der Waals surface area contributed by atoms with Gasteiger partial charge >= 0.3 is 10.4 Å². The molecule has 2 aromatic carbocycles. The Morgan fingerprint density at radius 1 is 1.26 bits per heavy atom. The van der Waals surface area contributed by atoms with E-state index in [1.165, 1.54) is 19.2 Å². The van der Waals surface area contributed by atoms with E-state index >= 15 is 0 Å². The van der Waals surface area contributed by atoms with Gasteiger partial charge in [-0.3, -0.25) is 0 Å². The second kappa shape index (κ2) is 8.55. The van der Waals surface area contributed by atoms with E-state index in [1.54, 1.807) is 18.2 Å². The van der Waals surface area contributed by atoms with Gasteiger partial charge in [-0.2, -0.15) is 9.27 Å². The van der Waals surface area contributed by atoms with Gasteiger partial charge < -0.3 is 9.84 Å². The SMILES string of the molecule is COc1cc(Cl)ccc1CC[S+](=O)(O)Nc1ccc(CO)cc1S(N)(=O)=O. The number of anilines is 1. The highest BCUT2D eigenvalue weighted by Crippen LogP contribution is 2.27. The zero-order valence-electron chi connectivity index (χ0n) is 14.4. The summed E-state index contributed by atoms with van der Waals surface area (Å²) in [6.07, 6.45) is 0.183. The maximum absolute atomic E-state index is 12.5. The van der Waals surface area contributed by atoms with Crippen molar-refractivity contribution < 1.29 is 27.0 Å². The summed E-state index contributed by atoms with van der Waals surface area (Å²) in [5.41, 5.74) is 0.859. The number of hydrogen-bond acceptors (Lipinski definition) is 5. The van der Waals surface area contributed by atoms with Gasteiger partial charge in [0.25, 0.3) is 0 Å². The van der Waals surface area contributed by atoms with Crippen molar-refractivity contribution in [3.8, 4) is 5.75 Å². The molecule has 1 unspecified atom stereocenters. The highest BCUT2D eigenvalue weighted by Gasteiger charge is 2.29. The van der Waals surface area contributed by atoms with E-state index in [-0.39, 0.29) is 22.8 Å². The molecule has 5 N–H and O–H groups in total. The summed E-state index contributed by atoms with van der Waals surface area (Å²) < 4.78 is 53.8. The Kier molecular flexibility index (Phi) is 6.84. The van der Waals surface area contributed by atoms with Crippen LogP contribution >= 0.6 is 11.6 Å². The van der Waals surface area contributed by atoms with Crippen molar-refractivity contribution in [3.63, 3.8) is 0 Å². The average molecular weight is 436 g/mol. The fraction of sp³-hybridized carbons (Fsp3) is 0.250. The van der Waals surface area contributed by atoms with Crippen LogP contribution < -0.4 is 14.6 Å². The van der Waals surface area contributed by atoms with Crippen LogP contribution in [0.3, 0.4) is 0 Å². The van der Waals surface area contributed by atoms with Gasteiger partial charge in [-0.15, -0.1) is 0 Å². The molecule has 2 rings (SSSR count). The van der Waals surface area contributed by atoms with E-state index in [1.807, 2.05) is 0 Å². The molecule has 0 spiro atoms. The third-order valence-corrected chi connectivity index (χ3v) is 6.18. The Hall–Kier alpha value is -1.69. The van der Waals surface area contributed by atoms with Crippen LogP contribution in [0.4, 0.5) is 5.69 Å². The lowest BCUT2D eigenvalue weighted by atomic mass is 10.1. The maximum atomic E-state index is 12.5.